The van der Waals surface area contributed by atoms with Crippen LogP contribution in [0.2, 0.25) is 0 Å². The van der Waals surface area contributed by atoms with E-state index in [1.54, 1.807) is 25.5 Å². The molecule has 0 saturated heterocycles. The van der Waals surface area contributed by atoms with Crippen molar-refractivity contribution >= 4 is 27.8 Å². The molecule has 0 bridgehead atoms. The number of hydrogen-bond donors (Lipinski definition) is 0. The smallest absolute Gasteiger partial charge is 0.230 e. The summed E-state index contributed by atoms with van der Waals surface area (Å²) in [5.74, 6) is 1.47. The molecule has 0 atom stereocenters. The number of methoxy groups -OCH3 is 1. The molecule has 27 heavy (non-hydrogen) atoms. The van der Waals surface area contributed by atoms with Crippen LogP contribution < -0.4 is 9.47 Å². The Balaban J connectivity index is 1.73. The van der Waals surface area contributed by atoms with Gasteiger partial charge >= 0.3 is 0 Å². The predicted octanol–water partition coefficient (Wildman–Crippen LogP) is 5.24. The Labute approximate surface area is 158 Å². The summed E-state index contributed by atoms with van der Waals surface area (Å²) in [4.78, 5) is 16.3. The number of hydrogen-bond acceptors (Lipinski definition) is 5. The summed E-state index contributed by atoms with van der Waals surface area (Å²) in [6.07, 6.45) is 5.55. The summed E-state index contributed by atoms with van der Waals surface area (Å²) < 4.78 is 16.8. The number of ketones is 1. The molecule has 0 spiro atoms. The van der Waals surface area contributed by atoms with Crippen molar-refractivity contribution in [3.05, 3.63) is 53.8 Å². The molecule has 0 radical (unpaired) electrons. The summed E-state index contributed by atoms with van der Waals surface area (Å²) >= 11 is 0. The number of allylic oxidation sites excluding steroid dienone is 3. The number of benzene rings is 1. The standard InChI is InChI=1S/C22H23NO4/c1-14(2)11-16(24)12-15(3)7-9-26-17-5-6-18-20(13-17)23-22-19(8-10-27-22)21(18)25-4/h5-6,8,10-13H,7,9H2,1-4H3/b15-12-. The molecule has 2 aromatic heterocycles. The van der Waals surface area contributed by atoms with E-state index in [9.17, 15) is 4.79 Å². The van der Waals surface area contributed by atoms with Crippen molar-refractivity contribution in [2.45, 2.75) is 27.2 Å². The summed E-state index contributed by atoms with van der Waals surface area (Å²) in [6.45, 7) is 6.23. The van der Waals surface area contributed by atoms with Gasteiger partial charge in [-0.05, 0) is 51.1 Å². The van der Waals surface area contributed by atoms with Crippen LogP contribution in [0.3, 0.4) is 0 Å². The van der Waals surface area contributed by atoms with E-state index in [1.165, 1.54) is 0 Å². The second kappa shape index (κ2) is 8.08. The minimum atomic E-state index is 0.0111. The van der Waals surface area contributed by atoms with Crippen LogP contribution in [0.5, 0.6) is 11.5 Å². The van der Waals surface area contributed by atoms with Gasteiger partial charge in [-0.25, -0.2) is 4.98 Å². The Morgan fingerprint density at radius 1 is 1.15 bits per heavy atom. The number of pyridine rings is 1. The zero-order valence-electron chi connectivity index (χ0n) is 16.0. The first kappa shape index (κ1) is 18.7. The fourth-order valence-electron chi connectivity index (χ4n) is 2.89. The van der Waals surface area contributed by atoms with Crippen molar-refractivity contribution in [1.29, 1.82) is 0 Å². The Hall–Kier alpha value is -3.08. The van der Waals surface area contributed by atoms with E-state index in [-0.39, 0.29) is 5.78 Å². The zero-order chi connectivity index (χ0) is 19.4. The predicted molar refractivity (Wildman–Crippen MR) is 106 cm³/mol. The average molecular weight is 365 g/mol. The number of aromatic nitrogens is 1. The molecule has 0 amide bonds. The minimum Gasteiger partial charge on any atom is -0.495 e. The number of fused-ring (bicyclic) bond motifs is 2. The maximum atomic E-state index is 11.8. The summed E-state index contributed by atoms with van der Waals surface area (Å²) in [6, 6.07) is 7.54. The molecule has 0 unspecified atom stereocenters. The first-order valence-corrected chi connectivity index (χ1v) is 8.81. The summed E-state index contributed by atoms with van der Waals surface area (Å²) in [7, 11) is 1.64. The number of carbonyl (C=O) groups excluding carboxylic acids is 1. The fourth-order valence-corrected chi connectivity index (χ4v) is 2.89. The molecule has 0 saturated carbocycles. The van der Waals surface area contributed by atoms with Crippen molar-refractivity contribution in [3.63, 3.8) is 0 Å². The monoisotopic (exact) mass is 365 g/mol. The second-order valence-electron chi connectivity index (χ2n) is 6.68. The largest absolute Gasteiger partial charge is 0.495 e. The van der Waals surface area contributed by atoms with Crippen LogP contribution in [-0.4, -0.2) is 24.5 Å². The van der Waals surface area contributed by atoms with Gasteiger partial charge in [0.25, 0.3) is 0 Å². The molecule has 5 heteroatoms. The Morgan fingerprint density at radius 2 is 1.96 bits per heavy atom. The Morgan fingerprint density at radius 3 is 2.70 bits per heavy atom. The van der Waals surface area contributed by atoms with E-state index in [1.807, 2.05) is 45.0 Å². The maximum Gasteiger partial charge on any atom is 0.230 e. The third-order valence-electron chi connectivity index (χ3n) is 4.11. The highest BCUT2D eigenvalue weighted by Gasteiger charge is 2.12. The van der Waals surface area contributed by atoms with Crippen molar-refractivity contribution in [3.8, 4) is 11.5 Å². The lowest BCUT2D eigenvalue weighted by Crippen LogP contribution is -2.00. The first-order valence-electron chi connectivity index (χ1n) is 8.81. The van der Waals surface area contributed by atoms with E-state index >= 15 is 0 Å². The summed E-state index contributed by atoms with van der Waals surface area (Å²) in [5.41, 5.74) is 3.26. The fraction of sp³-hybridized carbons (Fsp3) is 0.273. The van der Waals surface area contributed by atoms with Gasteiger partial charge in [-0.2, -0.15) is 0 Å². The van der Waals surface area contributed by atoms with Crippen LogP contribution in [0.4, 0.5) is 0 Å². The lowest BCUT2D eigenvalue weighted by atomic mass is 10.1. The van der Waals surface area contributed by atoms with Gasteiger partial charge in [-0.3, -0.25) is 4.79 Å². The van der Waals surface area contributed by atoms with Crippen molar-refractivity contribution in [2.24, 2.45) is 0 Å². The number of nitrogens with zero attached hydrogens (tertiary/aromatic N) is 1. The Kier molecular flexibility index (Phi) is 5.60. The molecular weight excluding hydrogens is 342 g/mol. The van der Waals surface area contributed by atoms with Gasteiger partial charge in [-0.15, -0.1) is 0 Å². The molecule has 0 aliphatic carbocycles. The Bertz CT molecular complexity index is 1040. The van der Waals surface area contributed by atoms with Crippen LogP contribution in [0.15, 0.2) is 58.2 Å². The summed E-state index contributed by atoms with van der Waals surface area (Å²) in [5, 5.41) is 1.75. The number of rotatable bonds is 7. The molecule has 0 aliphatic heterocycles. The van der Waals surface area contributed by atoms with E-state index in [4.69, 9.17) is 13.9 Å². The third kappa shape index (κ3) is 4.37. The van der Waals surface area contributed by atoms with E-state index in [0.717, 1.165) is 33.2 Å². The van der Waals surface area contributed by atoms with Crippen molar-refractivity contribution in [2.75, 3.05) is 13.7 Å². The molecule has 3 rings (SSSR count). The highest BCUT2D eigenvalue weighted by molar-refractivity contribution is 6.00. The van der Waals surface area contributed by atoms with Crippen LogP contribution in [0.1, 0.15) is 27.2 Å². The lowest BCUT2D eigenvalue weighted by molar-refractivity contribution is -0.110. The highest BCUT2D eigenvalue weighted by Crippen LogP contribution is 2.34. The molecule has 0 aliphatic rings. The van der Waals surface area contributed by atoms with Crippen LogP contribution in [0, 0.1) is 0 Å². The van der Waals surface area contributed by atoms with E-state index < -0.39 is 0 Å². The maximum absolute atomic E-state index is 11.8. The molecule has 2 heterocycles. The number of carbonyl (C=O) groups is 1. The van der Waals surface area contributed by atoms with E-state index in [0.29, 0.717) is 24.5 Å². The normalized spacial score (nSPS) is 11.6. The second-order valence-corrected chi connectivity index (χ2v) is 6.68. The van der Waals surface area contributed by atoms with Gasteiger partial charge in [-0.1, -0.05) is 11.1 Å². The molecule has 0 fully saturated rings. The lowest BCUT2D eigenvalue weighted by Gasteiger charge is -2.09. The van der Waals surface area contributed by atoms with Gasteiger partial charge in [0.05, 0.1) is 30.9 Å². The van der Waals surface area contributed by atoms with Crippen molar-refractivity contribution in [1.82, 2.24) is 4.98 Å². The molecule has 0 N–H and O–H groups in total. The molecule has 3 aromatic rings. The number of furan rings is 1. The van der Waals surface area contributed by atoms with Crippen molar-refractivity contribution < 1.29 is 18.7 Å². The quantitative estimate of drug-likeness (QED) is 0.536. The first-order chi connectivity index (χ1) is 13.0. The molecule has 1 aromatic carbocycles. The van der Waals surface area contributed by atoms with Gasteiger partial charge in [0.2, 0.25) is 5.71 Å². The van der Waals surface area contributed by atoms with Gasteiger partial charge in [0.15, 0.2) is 5.78 Å². The molecule has 140 valence electrons. The average Bonchev–Trinajstić information content (AvgIpc) is 3.06. The zero-order valence-corrected chi connectivity index (χ0v) is 16.0. The molecule has 5 nitrogen and oxygen atoms in total. The van der Waals surface area contributed by atoms with E-state index in [2.05, 4.69) is 4.98 Å². The number of ether oxygens (including phenoxy) is 2. The minimum absolute atomic E-state index is 0.0111. The van der Waals surface area contributed by atoms with Gasteiger partial charge in [0.1, 0.15) is 11.5 Å². The molecular formula is C22H23NO4. The highest BCUT2D eigenvalue weighted by atomic mass is 16.5. The van der Waals surface area contributed by atoms with Gasteiger partial charge in [0, 0.05) is 17.9 Å². The van der Waals surface area contributed by atoms with Gasteiger partial charge < -0.3 is 13.9 Å². The topological polar surface area (TPSA) is 61.6 Å². The van der Waals surface area contributed by atoms with Crippen LogP contribution in [-0.2, 0) is 4.79 Å². The third-order valence-corrected chi connectivity index (χ3v) is 4.11. The van der Waals surface area contributed by atoms with Crippen LogP contribution >= 0.6 is 0 Å². The SMILES string of the molecule is COc1c2ccc(OCC/C(C)=C\C(=O)C=C(C)C)cc2nc2occc12. The van der Waals surface area contributed by atoms with Crippen LogP contribution in [0.25, 0.3) is 22.0 Å².